The Kier molecular flexibility index (Phi) is 3.58. The lowest BCUT2D eigenvalue weighted by Crippen LogP contribution is -2.04. The van der Waals surface area contributed by atoms with E-state index in [-0.39, 0.29) is 0 Å². The molecule has 2 N–H and O–H groups in total. The van der Waals surface area contributed by atoms with Crippen molar-refractivity contribution in [2.75, 3.05) is 17.7 Å². The lowest BCUT2D eigenvalue weighted by Gasteiger charge is -2.08. The van der Waals surface area contributed by atoms with Gasteiger partial charge in [0.15, 0.2) is 0 Å². The highest BCUT2D eigenvalue weighted by Gasteiger charge is 2.07. The lowest BCUT2D eigenvalue weighted by molar-refractivity contribution is 0.767. The molecule has 0 unspecified atom stereocenters. The van der Waals surface area contributed by atoms with Gasteiger partial charge in [0.2, 0.25) is 0 Å². The Hall–Kier alpha value is -1.63. The molecule has 0 aliphatic rings. The van der Waals surface area contributed by atoms with Gasteiger partial charge in [0, 0.05) is 32.4 Å². The van der Waals surface area contributed by atoms with Gasteiger partial charge in [-0.1, -0.05) is 0 Å². The van der Waals surface area contributed by atoms with Gasteiger partial charge in [-0.2, -0.15) is 5.10 Å². The lowest BCUT2D eigenvalue weighted by atomic mass is 10.3. The summed E-state index contributed by atoms with van der Waals surface area (Å²) in [6, 6.07) is 0. The Balaban J connectivity index is 2.09. The Morgan fingerprint density at radius 1 is 1.35 bits per heavy atom. The molecular weight excluding hydrogens is 284 g/mol. The summed E-state index contributed by atoms with van der Waals surface area (Å²) in [5, 5.41) is 10.3. The van der Waals surface area contributed by atoms with E-state index in [1.807, 2.05) is 26.5 Å². The van der Waals surface area contributed by atoms with Crippen molar-refractivity contribution in [3.63, 3.8) is 0 Å². The first kappa shape index (κ1) is 11.8. The molecule has 0 atom stereocenters. The van der Waals surface area contributed by atoms with E-state index in [1.54, 1.807) is 4.68 Å². The Labute approximate surface area is 108 Å². The Morgan fingerprint density at radius 3 is 2.76 bits per heavy atom. The van der Waals surface area contributed by atoms with Crippen molar-refractivity contribution in [3.8, 4) is 0 Å². The van der Waals surface area contributed by atoms with Crippen LogP contribution in [0.3, 0.4) is 0 Å². The minimum Gasteiger partial charge on any atom is -0.372 e. The highest BCUT2D eigenvalue weighted by Crippen LogP contribution is 2.26. The first-order chi connectivity index (χ1) is 8.20. The quantitative estimate of drug-likeness (QED) is 0.897. The van der Waals surface area contributed by atoms with Gasteiger partial charge in [-0.25, -0.2) is 9.97 Å². The van der Waals surface area contributed by atoms with Crippen LogP contribution < -0.4 is 10.6 Å². The third-order valence-electron chi connectivity index (χ3n) is 2.24. The summed E-state index contributed by atoms with van der Waals surface area (Å²) in [4.78, 5) is 8.26. The number of anilines is 2. The third kappa shape index (κ3) is 2.73. The molecule has 0 fully saturated rings. The van der Waals surface area contributed by atoms with Crippen molar-refractivity contribution < 1.29 is 0 Å². The number of aryl methyl sites for hydroxylation is 1. The second kappa shape index (κ2) is 5.13. The fourth-order valence-electron chi connectivity index (χ4n) is 1.42. The Morgan fingerprint density at radius 2 is 2.12 bits per heavy atom. The standard InChI is InChI=1S/C10H13BrN6/c1-12-9-8(11)10(15-6-14-9)13-3-7-4-16-17(2)5-7/h4-6H,3H2,1-2H3,(H2,12,13,14,15). The molecule has 0 saturated carbocycles. The summed E-state index contributed by atoms with van der Waals surface area (Å²) in [6.45, 7) is 0.673. The van der Waals surface area contributed by atoms with E-state index in [9.17, 15) is 0 Å². The number of hydrogen-bond acceptors (Lipinski definition) is 5. The molecule has 7 heteroatoms. The largest absolute Gasteiger partial charge is 0.372 e. The molecule has 0 aliphatic heterocycles. The smallest absolute Gasteiger partial charge is 0.146 e. The van der Waals surface area contributed by atoms with Crippen LogP contribution in [0.4, 0.5) is 11.6 Å². The molecule has 0 radical (unpaired) electrons. The topological polar surface area (TPSA) is 67.7 Å². The van der Waals surface area contributed by atoms with Gasteiger partial charge in [-0.05, 0) is 15.9 Å². The summed E-state index contributed by atoms with van der Waals surface area (Å²) in [5.41, 5.74) is 1.10. The highest BCUT2D eigenvalue weighted by molar-refractivity contribution is 9.10. The molecule has 2 aromatic heterocycles. The third-order valence-corrected chi connectivity index (χ3v) is 3.00. The second-order valence-electron chi connectivity index (χ2n) is 3.51. The number of halogens is 1. The van der Waals surface area contributed by atoms with Crippen LogP contribution in [0.5, 0.6) is 0 Å². The molecule has 2 aromatic rings. The van der Waals surface area contributed by atoms with Crippen LogP contribution >= 0.6 is 15.9 Å². The van der Waals surface area contributed by atoms with Crippen molar-refractivity contribution in [2.45, 2.75) is 6.54 Å². The van der Waals surface area contributed by atoms with E-state index < -0.39 is 0 Å². The second-order valence-corrected chi connectivity index (χ2v) is 4.30. The van der Waals surface area contributed by atoms with Crippen LogP contribution in [0.25, 0.3) is 0 Å². The maximum atomic E-state index is 4.17. The van der Waals surface area contributed by atoms with E-state index in [2.05, 4.69) is 41.6 Å². The molecule has 0 aromatic carbocycles. The molecular formula is C10H13BrN6. The Bertz CT molecular complexity index is 509. The molecule has 90 valence electrons. The van der Waals surface area contributed by atoms with Crippen molar-refractivity contribution >= 4 is 27.6 Å². The zero-order valence-electron chi connectivity index (χ0n) is 9.61. The molecule has 17 heavy (non-hydrogen) atoms. The van der Waals surface area contributed by atoms with E-state index in [0.717, 1.165) is 21.7 Å². The summed E-state index contributed by atoms with van der Waals surface area (Å²) in [5.74, 6) is 1.52. The van der Waals surface area contributed by atoms with Crippen molar-refractivity contribution in [3.05, 3.63) is 28.8 Å². The molecule has 2 heterocycles. The van der Waals surface area contributed by atoms with Gasteiger partial charge in [0.1, 0.15) is 22.4 Å². The van der Waals surface area contributed by atoms with E-state index in [1.165, 1.54) is 6.33 Å². The molecule has 2 rings (SSSR count). The maximum absolute atomic E-state index is 4.17. The van der Waals surface area contributed by atoms with Gasteiger partial charge >= 0.3 is 0 Å². The van der Waals surface area contributed by atoms with Crippen LogP contribution in [0, 0.1) is 0 Å². The number of hydrogen-bond donors (Lipinski definition) is 2. The molecule has 6 nitrogen and oxygen atoms in total. The summed E-state index contributed by atoms with van der Waals surface area (Å²) >= 11 is 3.45. The van der Waals surface area contributed by atoms with Crippen molar-refractivity contribution in [1.29, 1.82) is 0 Å². The molecule has 0 aliphatic carbocycles. The summed E-state index contributed by atoms with van der Waals surface area (Å²) in [6.07, 6.45) is 5.30. The zero-order valence-corrected chi connectivity index (χ0v) is 11.2. The minimum absolute atomic E-state index is 0.673. The predicted octanol–water partition coefficient (Wildman–Crippen LogP) is 1.63. The van der Waals surface area contributed by atoms with E-state index in [4.69, 9.17) is 0 Å². The maximum Gasteiger partial charge on any atom is 0.146 e. The van der Waals surface area contributed by atoms with Gasteiger partial charge in [-0.3, -0.25) is 4.68 Å². The van der Waals surface area contributed by atoms with Crippen molar-refractivity contribution in [2.24, 2.45) is 7.05 Å². The van der Waals surface area contributed by atoms with E-state index >= 15 is 0 Å². The molecule has 0 amide bonds. The van der Waals surface area contributed by atoms with Gasteiger partial charge in [-0.15, -0.1) is 0 Å². The van der Waals surface area contributed by atoms with Crippen molar-refractivity contribution in [1.82, 2.24) is 19.7 Å². The fourth-order valence-corrected chi connectivity index (χ4v) is 1.96. The number of nitrogens with zero attached hydrogens (tertiary/aromatic N) is 4. The first-order valence-corrected chi connectivity index (χ1v) is 5.89. The van der Waals surface area contributed by atoms with Crippen LogP contribution in [0.2, 0.25) is 0 Å². The van der Waals surface area contributed by atoms with Gasteiger partial charge < -0.3 is 10.6 Å². The number of rotatable bonds is 4. The summed E-state index contributed by atoms with van der Waals surface area (Å²) in [7, 11) is 3.71. The van der Waals surface area contributed by atoms with Crippen LogP contribution in [0.15, 0.2) is 23.2 Å². The predicted molar refractivity (Wildman–Crippen MR) is 69.8 cm³/mol. The SMILES string of the molecule is CNc1ncnc(NCc2cnn(C)c2)c1Br. The highest BCUT2D eigenvalue weighted by atomic mass is 79.9. The van der Waals surface area contributed by atoms with Crippen LogP contribution in [-0.2, 0) is 13.6 Å². The van der Waals surface area contributed by atoms with Crippen LogP contribution in [-0.4, -0.2) is 26.8 Å². The summed E-state index contributed by atoms with van der Waals surface area (Å²) < 4.78 is 2.59. The first-order valence-electron chi connectivity index (χ1n) is 5.10. The monoisotopic (exact) mass is 296 g/mol. The fraction of sp³-hybridized carbons (Fsp3) is 0.300. The van der Waals surface area contributed by atoms with Gasteiger partial charge in [0.05, 0.1) is 6.20 Å². The number of aromatic nitrogens is 4. The molecule has 0 bridgehead atoms. The van der Waals surface area contributed by atoms with E-state index in [0.29, 0.717) is 6.54 Å². The van der Waals surface area contributed by atoms with Gasteiger partial charge in [0.25, 0.3) is 0 Å². The average molecular weight is 297 g/mol. The normalized spacial score (nSPS) is 10.3. The molecule has 0 saturated heterocycles. The number of nitrogens with one attached hydrogen (secondary N) is 2. The van der Waals surface area contributed by atoms with Crippen LogP contribution in [0.1, 0.15) is 5.56 Å². The molecule has 0 spiro atoms. The average Bonchev–Trinajstić information content (AvgIpc) is 2.74. The zero-order chi connectivity index (χ0) is 12.3. The minimum atomic E-state index is 0.673.